The zero-order valence-corrected chi connectivity index (χ0v) is 11.8. The molecule has 0 saturated heterocycles. The van der Waals surface area contributed by atoms with Gasteiger partial charge in [0.25, 0.3) is 0 Å². The van der Waals surface area contributed by atoms with Gasteiger partial charge in [0.2, 0.25) is 0 Å². The molecule has 20 heavy (non-hydrogen) atoms. The predicted molar refractivity (Wildman–Crippen MR) is 73.3 cm³/mol. The molecule has 0 N–H and O–H groups in total. The standard InChI is InChI=1S/C15H14F2O2S/c1-11-2-5-13(6-3-11)20(18,19)9-8-12-4-7-14(16)15(17)10-12/h2-7,10H,8-9H2,1H3. The molecule has 0 aromatic heterocycles. The van der Waals surface area contributed by atoms with Crippen LogP contribution in [0.15, 0.2) is 47.4 Å². The van der Waals surface area contributed by atoms with Crippen LogP contribution in [0.2, 0.25) is 0 Å². The van der Waals surface area contributed by atoms with Crippen molar-refractivity contribution in [1.82, 2.24) is 0 Å². The van der Waals surface area contributed by atoms with Gasteiger partial charge in [-0.05, 0) is 43.2 Å². The molecule has 0 saturated carbocycles. The number of hydrogen-bond acceptors (Lipinski definition) is 2. The van der Waals surface area contributed by atoms with Gasteiger partial charge in [-0.2, -0.15) is 0 Å². The third-order valence-corrected chi connectivity index (χ3v) is 4.76. The average Bonchev–Trinajstić information content (AvgIpc) is 2.41. The van der Waals surface area contributed by atoms with Gasteiger partial charge >= 0.3 is 0 Å². The van der Waals surface area contributed by atoms with Gasteiger partial charge in [-0.1, -0.05) is 23.8 Å². The number of sulfone groups is 1. The Morgan fingerprint density at radius 1 is 0.950 bits per heavy atom. The first kappa shape index (κ1) is 14.7. The molecule has 0 atom stereocenters. The Kier molecular flexibility index (Phi) is 4.18. The van der Waals surface area contributed by atoms with Crippen LogP contribution in [0, 0.1) is 18.6 Å². The van der Waals surface area contributed by atoms with Crippen LogP contribution in [-0.4, -0.2) is 14.2 Å². The quantitative estimate of drug-likeness (QED) is 0.867. The SMILES string of the molecule is Cc1ccc(S(=O)(=O)CCc2ccc(F)c(F)c2)cc1. The minimum absolute atomic E-state index is 0.138. The van der Waals surface area contributed by atoms with Gasteiger partial charge in [0.05, 0.1) is 10.6 Å². The Bertz CT molecular complexity index is 707. The number of rotatable bonds is 4. The summed E-state index contributed by atoms with van der Waals surface area (Å²) in [5.41, 5.74) is 1.43. The molecule has 0 aliphatic heterocycles. The van der Waals surface area contributed by atoms with Crippen LogP contribution < -0.4 is 0 Å². The molecule has 0 heterocycles. The van der Waals surface area contributed by atoms with Crippen LogP contribution in [0.1, 0.15) is 11.1 Å². The third-order valence-electron chi connectivity index (χ3n) is 3.02. The Morgan fingerprint density at radius 2 is 1.60 bits per heavy atom. The molecule has 106 valence electrons. The maximum absolute atomic E-state index is 13.0. The van der Waals surface area contributed by atoms with Crippen LogP contribution in [0.4, 0.5) is 8.78 Å². The topological polar surface area (TPSA) is 34.1 Å². The average molecular weight is 296 g/mol. The van der Waals surface area contributed by atoms with Gasteiger partial charge in [-0.15, -0.1) is 0 Å². The summed E-state index contributed by atoms with van der Waals surface area (Å²) in [6.45, 7) is 1.87. The van der Waals surface area contributed by atoms with Crippen molar-refractivity contribution in [2.24, 2.45) is 0 Å². The summed E-state index contributed by atoms with van der Waals surface area (Å²) in [7, 11) is -3.41. The highest BCUT2D eigenvalue weighted by Gasteiger charge is 2.14. The lowest BCUT2D eigenvalue weighted by atomic mass is 10.2. The molecule has 0 unspecified atom stereocenters. The van der Waals surface area contributed by atoms with E-state index in [1.54, 1.807) is 24.3 Å². The number of hydrogen-bond donors (Lipinski definition) is 0. The lowest BCUT2D eigenvalue weighted by molar-refractivity contribution is 0.507. The van der Waals surface area contributed by atoms with E-state index < -0.39 is 21.5 Å². The molecule has 0 radical (unpaired) electrons. The molecule has 0 aliphatic carbocycles. The van der Waals surface area contributed by atoms with Gasteiger partial charge < -0.3 is 0 Å². The molecule has 2 rings (SSSR count). The number of aryl methyl sites for hydroxylation is 2. The van der Waals surface area contributed by atoms with Crippen molar-refractivity contribution in [1.29, 1.82) is 0 Å². The lowest BCUT2D eigenvalue weighted by Crippen LogP contribution is -2.09. The van der Waals surface area contributed by atoms with E-state index in [1.807, 2.05) is 6.92 Å². The maximum atomic E-state index is 13.0. The zero-order chi connectivity index (χ0) is 14.8. The van der Waals surface area contributed by atoms with Crippen LogP contribution in [-0.2, 0) is 16.3 Å². The van der Waals surface area contributed by atoms with E-state index in [4.69, 9.17) is 0 Å². The molecule has 5 heteroatoms. The van der Waals surface area contributed by atoms with E-state index in [1.165, 1.54) is 6.07 Å². The lowest BCUT2D eigenvalue weighted by Gasteiger charge is -2.05. The largest absolute Gasteiger partial charge is 0.224 e. The molecule has 0 aliphatic rings. The summed E-state index contributed by atoms with van der Waals surface area (Å²) in [5.74, 6) is -2.04. The minimum Gasteiger partial charge on any atom is -0.224 e. The Labute approximate surface area is 117 Å². The van der Waals surface area contributed by atoms with Crippen molar-refractivity contribution in [2.45, 2.75) is 18.2 Å². The fraction of sp³-hybridized carbons (Fsp3) is 0.200. The highest BCUT2D eigenvalue weighted by Crippen LogP contribution is 2.15. The first-order valence-electron chi connectivity index (χ1n) is 6.12. The van der Waals surface area contributed by atoms with Crippen molar-refractivity contribution >= 4 is 9.84 Å². The van der Waals surface area contributed by atoms with E-state index in [0.717, 1.165) is 17.7 Å². The van der Waals surface area contributed by atoms with Crippen molar-refractivity contribution in [3.8, 4) is 0 Å². The summed E-state index contributed by atoms with van der Waals surface area (Å²) < 4.78 is 50.0. The van der Waals surface area contributed by atoms with Gasteiger partial charge in [0, 0.05) is 0 Å². The van der Waals surface area contributed by atoms with Gasteiger partial charge in [-0.3, -0.25) is 0 Å². The zero-order valence-electron chi connectivity index (χ0n) is 10.9. The highest BCUT2D eigenvalue weighted by molar-refractivity contribution is 7.91. The molecule has 0 bridgehead atoms. The van der Waals surface area contributed by atoms with E-state index in [9.17, 15) is 17.2 Å². The summed E-state index contributed by atoms with van der Waals surface area (Å²) >= 11 is 0. The van der Waals surface area contributed by atoms with Crippen LogP contribution in [0.5, 0.6) is 0 Å². The Morgan fingerprint density at radius 3 is 2.20 bits per heavy atom. The molecule has 0 amide bonds. The van der Waals surface area contributed by atoms with Crippen LogP contribution >= 0.6 is 0 Å². The smallest absolute Gasteiger partial charge is 0.178 e. The molecular weight excluding hydrogens is 282 g/mol. The van der Waals surface area contributed by atoms with Crippen molar-refractivity contribution in [2.75, 3.05) is 5.75 Å². The molecular formula is C15H14F2O2S. The summed E-state index contributed by atoms with van der Waals surface area (Å²) in [6, 6.07) is 9.98. The van der Waals surface area contributed by atoms with Gasteiger partial charge in [0.1, 0.15) is 0 Å². The molecule has 0 spiro atoms. The second kappa shape index (κ2) is 5.71. The summed E-state index contributed by atoms with van der Waals surface area (Å²) in [5, 5.41) is 0. The number of benzene rings is 2. The van der Waals surface area contributed by atoms with Gasteiger partial charge in [-0.25, -0.2) is 17.2 Å². The molecule has 2 aromatic carbocycles. The fourth-order valence-corrected chi connectivity index (χ4v) is 3.10. The highest BCUT2D eigenvalue weighted by atomic mass is 32.2. The van der Waals surface area contributed by atoms with Crippen molar-refractivity contribution in [3.05, 3.63) is 65.2 Å². The summed E-state index contributed by atoms with van der Waals surface area (Å²) in [4.78, 5) is 0.241. The summed E-state index contributed by atoms with van der Waals surface area (Å²) in [6.07, 6.45) is 0.146. The monoisotopic (exact) mass is 296 g/mol. The molecule has 2 aromatic rings. The van der Waals surface area contributed by atoms with Crippen LogP contribution in [0.3, 0.4) is 0 Å². The molecule has 2 nitrogen and oxygen atoms in total. The Hall–Kier alpha value is -1.75. The predicted octanol–water partition coefficient (Wildman–Crippen LogP) is 3.29. The van der Waals surface area contributed by atoms with E-state index in [0.29, 0.717) is 5.56 Å². The van der Waals surface area contributed by atoms with E-state index >= 15 is 0 Å². The second-order valence-electron chi connectivity index (χ2n) is 4.63. The Balaban J connectivity index is 2.13. The van der Waals surface area contributed by atoms with E-state index in [2.05, 4.69) is 0 Å². The third kappa shape index (κ3) is 3.42. The van der Waals surface area contributed by atoms with Crippen molar-refractivity contribution < 1.29 is 17.2 Å². The number of halogens is 2. The second-order valence-corrected chi connectivity index (χ2v) is 6.74. The van der Waals surface area contributed by atoms with E-state index in [-0.39, 0.29) is 17.1 Å². The normalized spacial score (nSPS) is 11.6. The van der Waals surface area contributed by atoms with Crippen molar-refractivity contribution in [3.63, 3.8) is 0 Å². The van der Waals surface area contributed by atoms with Crippen LogP contribution in [0.25, 0.3) is 0 Å². The first-order valence-corrected chi connectivity index (χ1v) is 7.77. The minimum atomic E-state index is -3.41. The fourth-order valence-electron chi connectivity index (χ4n) is 1.81. The first-order chi connectivity index (χ1) is 9.38. The molecule has 0 fully saturated rings. The maximum Gasteiger partial charge on any atom is 0.178 e. The van der Waals surface area contributed by atoms with Gasteiger partial charge in [0.15, 0.2) is 21.5 Å².